The van der Waals surface area contributed by atoms with Gasteiger partial charge in [0.25, 0.3) is 0 Å². The Labute approximate surface area is 213 Å². The Kier molecular flexibility index (Phi) is 8.04. The first-order valence-corrected chi connectivity index (χ1v) is 14.2. The van der Waals surface area contributed by atoms with Crippen molar-refractivity contribution in [2.45, 2.75) is 56.5 Å². The van der Waals surface area contributed by atoms with Crippen LogP contribution in [0.2, 0.25) is 0 Å². The highest BCUT2D eigenvalue weighted by atomic mass is 32.2. The van der Waals surface area contributed by atoms with Gasteiger partial charge in [-0.25, -0.2) is 4.79 Å². The number of nitrogens with two attached hydrogens (primary N) is 1. The van der Waals surface area contributed by atoms with Crippen LogP contribution in [-0.4, -0.2) is 98.3 Å². The molecule has 0 aromatic heterocycles. The second-order valence-corrected chi connectivity index (χ2v) is 12.4. The molecule has 194 valence electrons. The van der Waals surface area contributed by atoms with Crippen LogP contribution in [0.25, 0.3) is 0 Å². The van der Waals surface area contributed by atoms with Gasteiger partial charge < -0.3 is 31.1 Å². The smallest absolute Gasteiger partial charge is 0.353 e. The second kappa shape index (κ2) is 10.7. The molecule has 0 spiro atoms. The van der Waals surface area contributed by atoms with Crippen LogP contribution in [0.4, 0.5) is 0 Å². The summed E-state index contributed by atoms with van der Waals surface area (Å²) in [5, 5.41) is 23.5. The maximum atomic E-state index is 12.5. The lowest BCUT2D eigenvalue weighted by Crippen LogP contribution is -2.63. The minimum Gasteiger partial charge on any atom is -0.477 e. The summed E-state index contributed by atoms with van der Waals surface area (Å²) < 4.78 is 0. The number of nitrogens with zero attached hydrogens (tertiary/aromatic N) is 2. The van der Waals surface area contributed by atoms with Crippen molar-refractivity contribution in [2.75, 3.05) is 31.1 Å². The number of likely N-dealkylation sites (tertiary alicyclic amines) is 1. The van der Waals surface area contributed by atoms with Crippen LogP contribution in [0, 0.1) is 17.8 Å². The number of carboxylic acid groups (broad SMARTS) is 1. The quantitative estimate of drug-likeness (QED) is 0.229. The van der Waals surface area contributed by atoms with Gasteiger partial charge in [0.2, 0.25) is 17.7 Å². The van der Waals surface area contributed by atoms with Crippen LogP contribution in [0.5, 0.6) is 0 Å². The molecule has 0 aliphatic carbocycles. The van der Waals surface area contributed by atoms with Gasteiger partial charge in [0, 0.05) is 59.7 Å². The van der Waals surface area contributed by atoms with E-state index >= 15 is 0 Å². The lowest BCUT2D eigenvalue weighted by atomic mass is 9.79. The van der Waals surface area contributed by atoms with Gasteiger partial charge in [-0.1, -0.05) is 6.92 Å². The van der Waals surface area contributed by atoms with E-state index in [9.17, 15) is 29.4 Å². The molecule has 0 bridgehead atoms. The number of thioether (sulfide) groups is 2. The van der Waals surface area contributed by atoms with E-state index in [1.807, 2.05) is 6.92 Å². The summed E-state index contributed by atoms with van der Waals surface area (Å²) in [5.41, 5.74) is 5.41. The van der Waals surface area contributed by atoms with Crippen molar-refractivity contribution in [3.63, 3.8) is 0 Å². The first-order valence-electron chi connectivity index (χ1n) is 12.1. The number of nitrogens with one attached hydrogen (secondary N) is 1. The summed E-state index contributed by atoms with van der Waals surface area (Å²) in [5.74, 6) is -1.02. The maximum absolute atomic E-state index is 12.5. The van der Waals surface area contributed by atoms with Gasteiger partial charge in [0.15, 0.2) is 0 Å². The van der Waals surface area contributed by atoms with Crippen LogP contribution < -0.4 is 11.1 Å². The molecule has 4 aliphatic heterocycles. The number of β-lactam (4-membered cyclic amide) rings is 1. The third-order valence-electron chi connectivity index (χ3n) is 7.51. The predicted octanol–water partition coefficient (Wildman–Crippen LogP) is 0.0609. The van der Waals surface area contributed by atoms with E-state index < -0.39 is 18.0 Å². The molecular weight excluding hydrogens is 492 g/mol. The highest BCUT2D eigenvalue weighted by Gasteiger charge is 2.60. The SMILES string of the molecule is C[C@H]1C(S[C@@H]2CN[C@H](CSCCC(=O)N3CCC(C(N)=O)C3)C2)=C(C(=O)O)N2C(=O)[C@H]([C@@H](C)O)C12. The van der Waals surface area contributed by atoms with Gasteiger partial charge in [0.05, 0.1) is 24.0 Å². The third-order valence-corrected chi connectivity index (χ3v) is 10.2. The van der Waals surface area contributed by atoms with Crippen LogP contribution in [0.3, 0.4) is 0 Å². The molecule has 3 saturated heterocycles. The minimum absolute atomic E-state index is 0.0621. The number of aliphatic carboxylic acids is 1. The molecule has 0 saturated carbocycles. The zero-order valence-electron chi connectivity index (χ0n) is 20.0. The van der Waals surface area contributed by atoms with E-state index in [0.717, 1.165) is 23.6 Å². The van der Waals surface area contributed by atoms with E-state index in [-0.39, 0.29) is 52.6 Å². The molecule has 5 N–H and O–H groups in total. The normalized spacial score (nSPS) is 33.2. The fourth-order valence-corrected chi connectivity index (χ4v) is 8.16. The molecule has 4 aliphatic rings. The highest BCUT2D eigenvalue weighted by Crippen LogP contribution is 2.51. The monoisotopic (exact) mass is 526 g/mol. The van der Waals surface area contributed by atoms with E-state index in [1.165, 1.54) is 4.90 Å². The van der Waals surface area contributed by atoms with E-state index in [2.05, 4.69) is 5.32 Å². The van der Waals surface area contributed by atoms with E-state index in [1.54, 1.807) is 35.3 Å². The fourth-order valence-electron chi connectivity index (χ4n) is 5.62. The van der Waals surface area contributed by atoms with Gasteiger partial charge in [-0.3, -0.25) is 14.4 Å². The zero-order valence-corrected chi connectivity index (χ0v) is 21.6. The predicted molar refractivity (Wildman–Crippen MR) is 133 cm³/mol. The lowest BCUT2D eigenvalue weighted by Gasteiger charge is -2.46. The summed E-state index contributed by atoms with van der Waals surface area (Å²) in [6, 6.07) is -0.0173. The molecule has 12 heteroatoms. The van der Waals surface area contributed by atoms with Crippen molar-refractivity contribution in [3.8, 4) is 0 Å². The van der Waals surface area contributed by atoms with Gasteiger partial charge in [0.1, 0.15) is 5.70 Å². The number of rotatable bonds is 10. The Bertz CT molecular complexity index is 928. The van der Waals surface area contributed by atoms with Crippen molar-refractivity contribution in [1.29, 1.82) is 0 Å². The van der Waals surface area contributed by atoms with E-state index in [4.69, 9.17) is 5.73 Å². The number of carbonyl (C=O) groups excluding carboxylic acids is 3. The van der Waals surface area contributed by atoms with Crippen LogP contribution in [0.1, 0.15) is 33.1 Å². The number of carbonyl (C=O) groups is 4. The summed E-state index contributed by atoms with van der Waals surface area (Å²) >= 11 is 3.26. The van der Waals surface area contributed by atoms with Crippen molar-refractivity contribution in [3.05, 3.63) is 10.6 Å². The number of hydrogen-bond donors (Lipinski definition) is 4. The summed E-state index contributed by atoms with van der Waals surface area (Å²) in [4.78, 5) is 51.9. The maximum Gasteiger partial charge on any atom is 0.353 e. The highest BCUT2D eigenvalue weighted by molar-refractivity contribution is 8.03. The van der Waals surface area contributed by atoms with Crippen LogP contribution >= 0.6 is 23.5 Å². The Morgan fingerprint density at radius 2 is 2.06 bits per heavy atom. The summed E-state index contributed by atoms with van der Waals surface area (Å²) in [6.45, 7) is 5.29. The summed E-state index contributed by atoms with van der Waals surface area (Å²) in [7, 11) is 0. The number of amides is 3. The number of aliphatic hydroxyl groups excluding tert-OH is 1. The topological polar surface area (TPSA) is 153 Å². The number of carboxylic acids is 1. The molecule has 4 heterocycles. The first kappa shape index (κ1) is 26.3. The number of primary amides is 1. The molecule has 10 nitrogen and oxygen atoms in total. The molecule has 0 aromatic rings. The molecule has 3 amide bonds. The average Bonchev–Trinajstić information content (AvgIpc) is 3.50. The second-order valence-electron chi connectivity index (χ2n) is 9.91. The molecule has 0 radical (unpaired) electrons. The van der Waals surface area contributed by atoms with Crippen molar-refractivity contribution < 1.29 is 29.4 Å². The van der Waals surface area contributed by atoms with Crippen molar-refractivity contribution in [2.24, 2.45) is 23.5 Å². The largest absolute Gasteiger partial charge is 0.477 e. The fraction of sp³-hybridized carbons (Fsp3) is 0.739. The third kappa shape index (κ3) is 5.21. The summed E-state index contributed by atoms with van der Waals surface area (Å²) in [6.07, 6.45) is 1.15. The molecule has 0 aromatic carbocycles. The lowest BCUT2D eigenvalue weighted by molar-refractivity contribution is -0.163. The first-order chi connectivity index (χ1) is 16.6. The van der Waals surface area contributed by atoms with Gasteiger partial charge in [-0.15, -0.1) is 11.8 Å². The Hall–Kier alpha value is -1.76. The molecule has 7 atom stereocenters. The Morgan fingerprint density at radius 3 is 2.69 bits per heavy atom. The van der Waals surface area contributed by atoms with Crippen LogP contribution in [-0.2, 0) is 19.2 Å². The minimum atomic E-state index is -1.10. The zero-order chi connectivity index (χ0) is 25.4. The van der Waals surface area contributed by atoms with Crippen molar-refractivity contribution >= 4 is 47.2 Å². The Balaban J connectivity index is 1.23. The van der Waals surface area contributed by atoms with Gasteiger partial charge >= 0.3 is 5.97 Å². The number of fused-ring (bicyclic) bond motifs is 1. The molecule has 35 heavy (non-hydrogen) atoms. The molecule has 4 rings (SSSR count). The van der Waals surface area contributed by atoms with Gasteiger partial charge in [-0.05, 0) is 19.8 Å². The average molecular weight is 527 g/mol. The molecule has 2 unspecified atom stereocenters. The number of aliphatic hydroxyl groups is 1. The number of hydrogen-bond acceptors (Lipinski definition) is 8. The Morgan fingerprint density at radius 1 is 1.31 bits per heavy atom. The van der Waals surface area contributed by atoms with Crippen LogP contribution in [0.15, 0.2) is 10.6 Å². The molecule has 3 fully saturated rings. The van der Waals surface area contributed by atoms with E-state index in [0.29, 0.717) is 31.7 Å². The molecular formula is C23H34N4O6S2. The van der Waals surface area contributed by atoms with Gasteiger partial charge in [-0.2, -0.15) is 11.8 Å². The van der Waals surface area contributed by atoms with Crippen molar-refractivity contribution in [1.82, 2.24) is 15.1 Å². The standard InChI is InChI=1S/C23H34N4O6S2/c1-11-18-17(12(2)28)22(31)27(18)19(23(32)33)20(11)35-15-7-14(25-8-15)10-34-6-4-16(29)26-5-3-13(9-26)21(24)30/h11-15,17-18,25,28H,3-10H2,1-2H3,(H2,24,30)(H,32,33)/t11-,12-,13?,14+,15+,17-,18?/m1/s1.